The van der Waals surface area contributed by atoms with Gasteiger partial charge in [-0.15, -0.1) is 0 Å². The molecule has 1 unspecified atom stereocenters. The van der Waals surface area contributed by atoms with Crippen LogP contribution in [0.2, 0.25) is 5.02 Å². The maximum absolute atomic E-state index is 12.4. The van der Waals surface area contributed by atoms with E-state index < -0.39 is 0 Å². The second-order valence-corrected chi connectivity index (χ2v) is 6.51. The third-order valence-corrected chi connectivity index (χ3v) is 4.46. The lowest BCUT2D eigenvalue weighted by molar-refractivity contribution is -0.129. The third kappa shape index (κ3) is 4.32. The number of rotatable bonds is 5. The molecular weight excluding hydrogens is 314 g/mol. The Kier molecular flexibility index (Phi) is 4.96. The van der Waals surface area contributed by atoms with Gasteiger partial charge in [0.15, 0.2) is 5.82 Å². The molecule has 2 aromatic rings. The summed E-state index contributed by atoms with van der Waals surface area (Å²) in [5, 5.41) is 4.59. The molecule has 0 N–H and O–H groups in total. The van der Waals surface area contributed by atoms with Crippen molar-refractivity contribution < 1.29 is 9.32 Å². The van der Waals surface area contributed by atoms with Crippen molar-refractivity contribution in [2.24, 2.45) is 5.92 Å². The Morgan fingerprint density at radius 3 is 3.09 bits per heavy atom. The number of nitrogens with zero attached hydrogens (tertiary/aromatic N) is 3. The minimum absolute atomic E-state index is 0.171. The van der Waals surface area contributed by atoms with Gasteiger partial charge in [-0.25, -0.2) is 0 Å². The van der Waals surface area contributed by atoms with E-state index in [0.29, 0.717) is 23.3 Å². The normalized spacial score (nSPS) is 17.7. The van der Waals surface area contributed by atoms with E-state index in [1.165, 1.54) is 0 Å². The van der Waals surface area contributed by atoms with Gasteiger partial charge in [-0.2, -0.15) is 4.98 Å². The Labute approximate surface area is 140 Å². The quantitative estimate of drug-likeness (QED) is 0.843. The zero-order valence-corrected chi connectivity index (χ0v) is 13.9. The van der Waals surface area contributed by atoms with Gasteiger partial charge in [0, 0.05) is 31.5 Å². The molecule has 122 valence electrons. The van der Waals surface area contributed by atoms with Gasteiger partial charge < -0.3 is 9.42 Å². The number of hydrogen-bond acceptors (Lipinski definition) is 4. The average molecular weight is 334 g/mol. The average Bonchev–Trinajstić information content (AvgIpc) is 3.14. The topological polar surface area (TPSA) is 59.2 Å². The molecule has 1 fully saturated rings. The number of hydrogen-bond donors (Lipinski definition) is 0. The molecule has 0 aliphatic carbocycles. The number of carbonyl (C=O) groups excluding carboxylic acids is 1. The van der Waals surface area contributed by atoms with Crippen molar-refractivity contribution >= 4 is 17.5 Å². The number of halogens is 1. The van der Waals surface area contributed by atoms with Gasteiger partial charge in [0.2, 0.25) is 11.8 Å². The van der Waals surface area contributed by atoms with Crippen molar-refractivity contribution in [2.75, 3.05) is 13.1 Å². The third-order valence-electron chi connectivity index (χ3n) is 4.23. The number of aromatic nitrogens is 2. The first kappa shape index (κ1) is 16.0. The molecule has 6 heteroatoms. The minimum Gasteiger partial charge on any atom is -0.342 e. The summed E-state index contributed by atoms with van der Waals surface area (Å²) < 4.78 is 4.98. The molecule has 1 atom stereocenters. The van der Waals surface area contributed by atoms with Crippen LogP contribution in [-0.2, 0) is 17.6 Å². The molecule has 23 heavy (non-hydrogen) atoms. The predicted molar refractivity (Wildman–Crippen MR) is 87.2 cm³/mol. The fraction of sp³-hybridized carbons (Fsp3) is 0.471. The fourth-order valence-corrected chi connectivity index (χ4v) is 3.22. The molecule has 1 aliphatic rings. The monoisotopic (exact) mass is 333 g/mol. The van der Waals surface area contributed by atoms with Gasteiger partial charge in [-0.1, -0.05) is 28.9 Å². The highest BCUT2D eigenvalue weighted by molar-refractivity contribution is 6.30. The summed E-state index contributed by atoms with van der Waals surface area (Å²) in [5.41, 5.74) is 0.966. The van der Waals surface area contributed by atoms with Crippen molar-refractivity contribution in [1.29, 1.82) is 0 Å². The molecule has 1 aromatic heterocycles. The Morgan fingerprint density at radius 1 is 1.48 bits per heavy atom. The lowest BCUT2D eigenvalue weighted by Crippen LogP contribution is -2.30. The number of carbonyl (C=O) groups is 1. The van der Waals surface area contributed by atoms with Crippen LogP contribution in [-0.4, -0.2) is 34.0 Å². The summed E-state index contributed by atoms with van der Waals surface area (Å²) in [6.07, 6.45) is 3.24. The number of likely N-dealkylation sites (tertiary alicyclic amines) is 1. The van der Waals surface area contributed by atoms with Crippen LogP contribution in [0.3, 0.4) is 0 Å². The molecule has 1 aromatic carbocycles. The molecule has 1 amide bonds. The van der Waals surface area contributed by atoms with Gasteiger partial charge in [-0.05, 0) is 36.5 Å². The highest BCUT2D eigenvalue weighted by Gasteiger charge is 2.26. The van der Waals surface area contributed by atoms with Gasteiger partial charge in [0.1, 0.15) is 0 Å². The van der Waals surface area contributed by atoms with Crippen LogP contribution in [0, 0.1) is 12.8 Å². The molecule has 1 aliphatic heterocycles. The summed E-state index contributed by atoms with van der Waals surface area (Å²) in [5.74, 6) is 2.04. The molecule has 0 bridgehead atoms. The van der Waals surface area contributed by atoms with Crippen molar-refractivity contribution in [2.45, 2.75) is 32.6 Å². The Bertz CT molecular complexity index is 686. The first-order chi connectivity index (χ1) is 11.1. The summed E-state index contributed by atoms with van der Waals surface area (Å²) in [4.78, 5) is 18.6. The zero-order valence-electron chi connectivity index (χ0n) is 13.2. The molecule has 2 heterocycles. The highest BCUT2D eigenvalue weighted by Crippen LogP contribution is 2.22. The number of benzene rings is 1. The second-order valence-electron chi connectivity index (χ2n) is 6.07. The van der Waals surface area contributed by atoms with E-state index >= 15 is 0 Å². The minimum atomic E-state index is 0.171. The largest absolute Gasteiger partial charge is 0.342 e. The van der Waals surface area contributed by atoms with Crippen LogP contribution in [0.4, 0.5) is 0 Å². The van der Waals surface area contributed by atoms with Gasteiger partial charge >= 0.3 is 0 Å². The molecule has 0 radical (unpaired) electrons. The Balaban J connectivity index is 1.48. The number of amides is 1. The first-order valence-electron chi connectivity index (χ1n) is 7.91. The Hall–Kier alpha value is -1.88. The predicted octanol–water partition coefficient (Wildman–Crippen LogP) is 3.06. The standard InChI is InChI=1S/C17H20ClN3O2/c1-12-19-16(20-23-12)6-5-13-7-8-21(11-13)17(22)10-14-3-2-4-15(18)9-14/h2-4,9,13H,5-8,10-11H2,1H3. The number of aryl methyl sites for hydroxylation is 2. The van der Waals surface area contributed by atoms with E-state index in [1.54, 1.807) is 6.92 Å². The van der Waals surface area contributed by atoms with Crippen LogP contribution in [0.25, 0.3) is 0 Å². The van der Waals surface area contributed by atoms with Gasteiger partial charge in [0.25, 0.3) is 0 Å². The Morgan fingerprint density at radius 2 is 2.35 bits per heavy atom. The SMILES string of the molecule is Cc1nc(CCC2CCN(C(=O)Cc3cccc(Cl)c3)C2)no1. The second kappa shape index (κ2) is 7.13. The van der Waals surface area contributed by atoms with E-state index in [-0.39, 0.29) is 5.91 Å². The summed E-state index contributed by atoms with van der Waals surface area (Å²) >= 11 is 5.97. The first-order valence-corrected chi connectivity index (χ1v) is 8.29. The van der Waals surface area contributed by atoms with Crippen molar-refractivity contribution in [3.05, 3.63) is 46.6 Å². The smallest absolute Gasteiger partial charge is 0.226 e. The summed E-state index contributed by atoms with van der Waals surface area (Å²) in [6.45, 7) is 3.44. The maximum Gasteiger partial charge on any atom is 0.226 e. The summed E-state index contributed by atoms with van der Waals surface area (Å²) in [6, 6.07) is 7.49. The molecular formula is C17H20ClN3O2. The van der Waals surface area contributed by atoms with Gasteiger partial charge in [0.05, 0.1) is 6.42 Å². The van der Waals surface area contributed by atoms with E-state index in [0.717, 1.165) is 43.7 Å². The molecule has 3 rings (SSSR count). The van der Waals surface area contributed by atoms with Crippen LogP contribution in [0.15, 0.2) is 28.8 Å². The van der Waals surface area contributed by atoms with Crippen LogP contribution >= 0.6 is 11.6 Å². The lowest BCUT2D eigenvalue weighted by atomic mass is 10.0. The van der Waals surface area contributed by atoms with Crippen molar-refractivity contribution in [3.63, 3.8) is 0 Å². The lowest BCUT2D eigenvalue weighted by Gasteiger charge is -2.16. The van der Waals surface area contributed by atoms with Crippen LogP contribution in [0.5, 0.6) is 0 Å². The van der Waals surface area contributed by atoms with Crippen molar-refractivity contribution in [1.82, 2.24) is 15.0 Å². The van der Waals surface area contributed by atoms with Crippen molar-refractivity contribution in [3.8, 4) is 0 Å². The van der Waals surface area contributed by atoms with E-state index in [2.05, 4.69) is 10.1 Å². The molecule has 5 nitrogen and oxygen atoms in total. The maximum atomic E-state index is 12.4. The zero-order chi connectivity index (χ0) is 16.2. The van der Waals surface area contributed by atoms with E-state index in [9.17, 15) is 4.79 Å². The van der Waals surface area contributed by atoms with E-state index in [1.807, 2.05) is 29.2 Å². The molecule has 1 saturated heterocycles. The van der Waals surface area contributed by atoms with Crippen LogP contribution in [0.1, 0.15) is 30.1 Å². The molecule has 0 saturated carbocycles. The van der Waals surface area contributed by atoms with Gasteiger partial charge in [-0.3, -0.25) is 4.79 Å². The van der Waals surface area contributed by atoms with Crippen LogP contribution < -0.4 is 0 Å². The fourth-order valence-electron chi connectivity index (χ4n) is 3.00. The molecule has 0 spiro atoms. The summed E-state index contributed by atoms with van der Waals surface area (Å²) in [7, 11) is 0. The highest BCUT2D eigenvalue weighted by atomic mass is 35.5. The van der Waals surface area contributed by atoms with E-state index in [4.69, 9.17) is 16.1 Å².